The highest BCUT2D eigenvalue weighted by Gasteiger charge is 2.29. The van der Waals surface area contributed by atoms with Gasteiger partial charge in [-0.25, -0.2) is 18.0 Å². The second kappa shape index (κ2) is 8.54. The van der Waals surface area contributed by atoms with Crippen molar-refractivity contribution in [3.63, 3.8) is 0 Å². The molecule has 0 saturated carbocycles. The average molecular weight is 431 g/mol. The Morgan fingerprint density at radius 3 is 2.43 bits per heavy atom. The van der Waals surface area contributed by atoms with Gasteiger partial charge < -0.3 is 10.5 Å². The van der Waals surface area contributed by atoms with Crippen molar-refractivity contribution in [2.45, 2.75) is 30.8 Å². The quantitative estimate of drug-likeness (QED) is 0.690. The first kappa shape index (κ1) is 21.3. The zero-order valence-corrected chi connectivity index (χ0v) is 17.0. The molecule has 1 heterocycles. The number of hydrogen-bond donors (Lipinski definition) is 2. The lowest BCUT2D eigenvalue weighted by Gasteiger charge is -2.30. The second-order valence-corrected chi connectivity index (χ2v) is 8.60. The van der Waals surface area contributed by atoms with Crippen LogP contribution in [0.4, 0.5) is 10.5 Å². The van der Waals surface area contributed by atoms with E-state index in [0.29, 0.717) is 18.7 Å². The SMILES string of the molecule is CC(OC(=O)c1ccc(S(=O)(=O)N2CCCc3ccccc32)cc1)C(=O)NC(N)=O. The number of urea groups is 1. The molecule has 0 bridgehead atoms. The number of anilines is 1. The summed E-state index contributed by atoms with van der Waals surface area (Å²) in [6.07, 6.45) is 0.277. The van der Waals surface area contributed by atoms with Crippen LogP contribution in [-0.2, 0) is 26.0 Å². The number of carbonyl (C=O) groups excluding carboxylic acids is 3. The van der Waals surface area contributed by atoms with Crippen molar-refractivity contribution in [2.75, 3.05) is 10.8 Å². The summed E-state index contributed by atoms with van der Waals surface area (Å²) in [7, 11) is -3.80. The standard InChI is InChI=1S/C20H21N3O6S/c1-13(18(24)22-20(21)26)29-19(25)15-8-10-16(11-9-15)30(27,28)23-12-4-6-14-5-2-3-7-17(14)23/h2-3,5,7-11,13H,4,6,12H2,1H3,(H3,21,22,24,26). The van der Waals surface area contributed by atoms with E-state index in [2.05, 4.69) is 0 Å². The fourth-order valence-electron chi connectivity index (χ4n) is 3.14. The number of para-hydroxylation sites is 1. The molecule has 9 nitrogen and oxygen atoms in total. The molecule has 3 amide bonds. The highest BCUT2D eigenvalue weighted by molar-refractivity contribution is 7.92. The zero-order chi connectivity index (χ0) is 21.9. The second-order valence-electron chi connectivity index (χ2n) is 6.73. The molecule has 1 aliphatic heterocycles. The van der Waals surface area contributed by atoms with Crippen LogP contribution in [0, 0.1) is 0 Å². The number of sulfonamides is 1. The van der Waals surface area contributed by atoms with Gasteiger partial charge in [-0.2, -0.15) is 0 Å². The Bertz CT molecular complexity index is 1080. The molecule has 1 atom stereocenters. The van der Waals surface area contributed by atoms with E-state index in [1.165, 1.54) is 35.5 Å². The summed E-state index contributed by atoms with van der Waals surface area (Å²) in [6.45, 7) is 1.65. The maximum Gasteiger partial charge on any atom is 0.338 e. The molecule has 0 fully saturated rings. The number of amides is 3. The summed E-state index contributed by atoms with van der Waals surface area (Å²) < 4.78 is 32.6. The van der Waals surface area contributed by atoms with Crippen molar-refractivity contribution in [1.29, 1.82) is 0 Å². The van der Waals surface area contributed by atoms with Crippen molar-refractivity contribution in [3.8, 4) is 0 Å². The number of benzene rings is 2. The molecule has 0 saturated heterocycles. The average Bonchev–Trinajstić information content (AvgIpc) is 2.72. The highest BCUT2D eigenvalue weighted by atomic mass is 32.2. The third-order valence-corrected chi connectivity index (χ3v) is 6.47. The Labute approximate surface area is 173 Å². The number of imide groups is 1. The molecule has 30 heavy (non-hydrogen) atoms. The first-order valence-corrected chi connectivity index (χ1v) is 10.7. The molecule has 0 aliphatic carbocycles. The van der Waals surface area contributed by atoms with Gasteiger partial charge in [-0.3, -0.25) is 14.4 Å². The predicted molar refractivity (Wildman–Crippen MR) is 108 cm³/mol. The topological polar surface area (TPSA) is 136 Å². The van der Waals surface area contributed by atoms with Gasteiger partial charge in [0.1, 0.15) is 0 Å². The van der Waals surface area contributed by atoms with Crippen molar-refractivity contribution in [2.24, 2.45) is 5.73 Å². The van der Waals surface area contributed by atoms with E-state index in [1.807, 2.05) is 17.4 Å². The number of nitrogens with one attached hydrogen (secondary N) is 1. The molecule has 2 aromatic rings. The van der Waals surface area contributed by atoms with Crippen molar-refractivity contribution in [3.05, 3.63) is 59.7 Å². The van der Waals surface area contributed by atoms with Crippen molar-refractivity contribution < 1.29 is 27.5 Å². The lowest BCUT2D eigenvalue weighted by molar-refractivity contribution is -0.127. The number of ether oxygens (including phenoxy) is 1. The molecule has 0 radical (unpaired) electrons. The maximum absolute atomic E-state index is 13.1. The van der Waals surface area contributed by atoms with Gasteiger partial charge in [0.15, 0.2) is 6.10 Å². The summed E-state index contributed by atoms with van der Waals surface area (Å²) >= 11 is 0. The summed E-state index contributed by atoms with van der Waals surface area (Å²) in [4.78, 5) is 34.5. The Kier molecular flexibility index (Phi) is 6.06. The number of nitrogens with two attached hydrogens (primary N) is 1. The van der Waals surface area contributed by atoms with E-state index < -0.39 is 34.0 Å². The summed E-state index contributed by atoms with van der Waals surface area (Å²) in [6, 6.07) is 11.5. The third-order valence-electron chi connectivity index (χ3n) is 4.65. The van der Waals surface area contributed by atoms with Crippen LogP contribution in [0.15, 0.2) is 53.4 Å². The number of carbonyl (C=O) groups is 3. The largest absolute Gasteiger partial charge is 0.449 e. The molecular formula is C20H21N3O6S. The smallest absolute Gasteiger partial charge is 0.338 e. The number of esters is 1. The van der Waals surface area contributed by atoms with Crippen LogP contribution in [0.2, 0.25) is 0 Å². The first-order chi connectivity index (χ1) is 14.2. The minimum absolute atomic E-state index is 0.0373. The number of nitrogens with zero attached hydrogens (tertiary/aromatic N) is 1. The molecule has 10 heteroatoms. The van der Waals surface area contributed by atoms with Gasteiger partial charge in [-0.05, 0) is 55.7 Å². The molecular weight excluding hydrogens is 410 g/mol. The summed E-state index contributed by atoms with van der Waals surface area (Å²) in [5.74, 6) is -1.70. The van der Waals surface area contributed by atoms with E-state index >= 15 is 0 Å². The summed E-state index contributed by atoms with van der Waals surface area (Å²) in [5, 5.41) is 1.81. The Hall–Kier alpha value is -3.40. The monoisotopic (exact) mass is 431 g/mol. The highest BCUT2D eigenvalue weighted by Crippen LogP contribution is 2.31. The predicted octanol–water partition coefficient (Wildman–Crippen LogP) is 1.57. The molecule has 0 aromatic heterocycles. The van der Waals surface area contributed by atoms with E-state index in [-0.39, 0.29) is 10.5 Å². The molecule has 2 aromatic carbocycles. The van der Waals surface area contributed by atoms with Crippen LogP contribution in [0.5, 0.6) is 0 Å². The summed E-state index contributed by atoms with van der Waals surface area (Å²) in [5.41, 5.74) is 6.53. The number of rotatable bonds is 5. The normalized spacial score (nSPS) is 14.4. The Balaban J connectivity index is 1.76. The van der Waals surface area contributed by atoms with Gasteiger partial charge in [-0.1, -0.05) is 18.2 Å². The number of primary amides is 1. The van der Waals surface area contributed by atoms with Gasteiger partial charge >= 0.3 is 12.0 Å². The minimum Gasteiger partial charge on any atom is -0.449 e. The van der Waals surface area contributed by atoms with E-state index in [9.17, 15) is 22.8 Å². The number of hydrogen-bond acceptors (Lipinski definition) is 6. The van der Waals surface area contributed by atoms with Gasteiger partial charge in [0, 0.05) is 6.54 Å². The maximum atomic E-state index is 13.1. The molecule has 158 valence electrons. The van der Waals surface area contributed by atoms with Gasteiger partial charge in [-0.15, -0.1) is 0 Å². The van der Waals surface area contributed by atoms with E-state index in [0.717, 1.165) is 12.0 Å². The molecule has 3 rings (SSSR count). The first-order valence-electron chi connectivity index (χ1n) is 9.22. The van der Waals surface area contributed by atoms with E-state index in [4.69, 9.17) is 10.5 Å². The fraction of sp³-hybridized carbons (Fsp3) is 0.250. The Morgan fingerprint density at radius 1 is 1.10 bits per heavy atom. The fourth-order valence-corrected chi connectivity index (χ4v) is 4.69. The van der Waals surface area contributed by atoms with E-state index in [1.54, 1.807) is 12.1 Å². The minimum atomic E-state index is -3.80. The van der Waals surface area contributed by atoms with Gasteiger partial charge in [0.25, 0.3) is 15.9 Å². The van der Waals surface area contributed by atoms with Crippen LogP contribution < -0.4 is 15.4 Å². The van der Waals surface area contributed by atoms with Crippen LogP contribution in [-0.4, -0.2) is 39.0 Å². The van der Waals surface area contributed by atoms with Crippen molar-refractivity contribution in [1.82, 2.24) is 5.32 Å². The van der Waals surface area contributed by atoms with Crippen LogP contribution in [0.25, 0.3) is 0 Å². The van der Waals surface area contributed by atoms with Gasteiger partial charge in [0.2, 0.25) is 0 Å². The van der Waals surface area contributed by atoms with Crippen LogP contribution >= 0.6 is 0 Å². The number of fused-ring (bicyclic) bond motifs is 1. The van der Waals surface area contributed by atoms with Crippen LogP contribution in [0.1, 0.15) is 29.3 Å². The lowest BCUT2D eigenvalue weighted by Crippen LogP contribution is -2.42. The van der Waals surface area contributed by atoms with Gasteiger partial charge in [0.05, 0.1) is 16.1 Å². The Morgan fingerprint density at radius 2 is 1.77 bits per heavy atom. The zero-order valence-electron chi connectivity index (χ0n) is 16.2. The third kappa shape index (κ3) is 4.43. The molecule has 1 unspecified atom stereocenters. The molecule has 3 N–H and O–H groups in total. The number of aryl methyl sites for hydroxylation is 1. The molecule has 1 aliphatic rings. The van der Waals surface area contributed by atoms with Crippen molar-refractivity contribution >= 4 is 33.6 Å². The lowest BCUT2D eigenvalue weighted by atomic mass is 10.0. The molecule has 0 spiro atoms. The van der Waals surface area contributed by atoms with Crippen LogP contribution in [0.3, 0.4) is 0 Å².